The van der Waals surface area contributed by atoms with Crippen LogP contribution in [0.25, 0.3) is 0 Å². The van der Waals surface area contributed by atoms with Crippen LogP contribution in [-0.2, 0) is 6.54 Å². The number of nitrogens with zero attached hydrogens (tertiary/aromatic N) is 2. The van der Waals surface area contributed by atoms with Crippen molar-refractivity contribution >= 4 is 0 Å². The van der Waals surface area contributed by atoms with E-state index in [2.05, 4.69) is 66.2 Å². The molecule has 1 aromatic carbocycles. The van der Waals surface area contributed by atoms with Gasteiger partial charge in [0.1, 0.15) is 0 Å². The normalized spacial score (nSPS) is 22.8. The van der Waals surface area contributed by atoms with Crippen LogP contribution in [0.1, 0.15) is 52.0 Å². The van der Waals surface area contributed by atoms with Gasteiger partial charge < -0.3 is 5.32 Å². The smallest absolute Gasteiger partial charge is 0.0233 e. The summed E-state index contributed by atoms with van der Waals surface area (Å²) in [5.74, 6) is 0. The maximum Gasteiger partial charge on any atom is 0.0233 e. The minimum Gasteiger partial charge on any atom is -0.311 e. The van der Waals surface area contributed by atoms with Gasteiger partial charge >= 0.3 is 0 Å². The highest BCUT2D eigenvalue weighted by atomic mass is 15.2. The van der Waals surface area contributed by atoms with Gasteiger partial charge in [-0.3, -0.25) is 9.80 Å². The first-order chi connectivity index (χ1) is 11.5. The maximum absolute atomic E-state index is 3.96. The summed E-state index contributed by atoms with van der Waals surface area (Å²) < 4.78 is 0. The van der Waals surface area contributed by atoms with E-state index in [1.807, 2.05) is 0 Å². The molecule has 3 nitrogen and oxygen atoms in total. The summed E-state index contributed by atoms with van der Waals surface area (Å²) >= 11 is 0. The molecule has 0 radical (unpaired) electrons. The summed E-state index contributed by atoms with van der Waals surface area (Å²) in [4.78, 5) is 5.24. The van der Waals surface area contributed by atoms with Gasteiger partial charge in [-0.2, -0.15) is 0 Å². The minimum atomic E-state index is 0.327. The molecule has 0 aliphatic carbocycles. The summed E-state index contributed by atoms with van der Waals surface area (Å²) in [6.45, 7) is 13.1. The Bertz CT molecular complexity index is 478. The monoisotopic (exact) mass is 329 g/mol. The van der Waals surface area contributed by atoms with E-state index in [9.17, 15) is 0 Å². The lowest BCUT2D eigenvalue weighted by atomic mass is 9.96. The number of nitrogens with one attached hydrogen (secondary N) is 1. The molecule has 1 aromatic rings. The summed E-state index contributed by atoms with van der Waals surface area (Å²) in [6, 6.07) is 12.3. The van der Waals surface area contributed by atoms with E-state index < -0.39 is 0 Å². The predicted octanol–water partition coefficient (Wildman–Crippen LogP) is 3.50. The molecule has 0 saturated carbocycles. The van der Waals surface area contributed by atoms with E-state index in [4.69, 9.17) is 0 Å². The van der Waals surface area contributed by atoms with Gasteiger partial charge in [-0.25, -0.2) is 0 Å². The maximum atomic E-state index is 3.96. The molecule has 1 N–H and O–H groups in total. The molecule has 0 spiro atoms. The van der Waals surface area contributed by atoms with Crippen LogP contribution in [0.5, 0.6) is 0 Å². The van der Waals surface area contributed by atoms with Crippen molar-refractivity contribution in [3.05, 3.63) is 35.9 Å². The molecule has 0 bridgehead atoms. The fourth-order valence-electron chi connectivity index (χ4n) is 4.15. The van der Waals surface area contributed by atoms with Crippen LogP contribution in [0.3, 0.4) is 0 Å². The average Bonchev–Trinajstić information content (AvgIpc) is 2.57. The Morgan fingerprint density at radius 1 is 0.875 bits per heavy atom. The highest BCUT2D eigenvalue weighted by Gasteiger charge is 2.28. The fourth-order valence-corrected chi connectivity index (χ4v) is 4.15. The van der Waals surface area contributed by atoms with Crippen LogP contribution < -0.4 is 5.32 Å². The molecule has 0 aromatic heterocycles. The first kappa shape index (κ1) is 17.9. The third kappa shape index (κ3) is 5.05. The van der Waals surface area contributed by atoms with Crippen LogP contribution in [0.2, 0.25) is 0 Å². The van der Waals surface area contributed by atoms with Crippen molar-refractivity contribution in [1.82, 2.24) is 15.1 Å². The molecule has 0 atom stereocenters. The highest BCUT2D eigenvalue weighted by Crippen LogP contribution is 2.22. The second-order valence-corrected chi connectivity index (χ2v) is 8.63. The number of hydrogen-bond acceptors (Lipinski definition) is 3. The Balaban J connectivity index is 1.37. The van der Waals surface area contributed by atoms with Crippen molar-refractivity contribution in [2.75, 3.05) is 26.2 Å². The van der Waals surface area contributed by atoms with Crippen molar-refractivity contribution in [3.63, 3.8) is 0 Å². The summed E-state index contributed by atoms with van der Waals surface area (Å²) in [5, 5.41) is 3.96. The van der Waals surface area contributed by atoms with Crippen molar-refractivity contribution in [2.45, 2.75) is 70.6 Å². The summed E-state index contributed by atoms with van der Waals surface area (Å²) in [5.41, 5.74) is 1.77. The second kappa shape index (κ2) is 7.99. The molecule has 0 unspecified atom stereocenters. The van der Waals surface area contributed by atoms with E-state index in [1.54, 1.807) is 0 Å². The van der Waals surface area contributed by atoms with Gasteiger partial charge in [0.05, 0.1) is 0 Å². The Kier molecular flexibility index (Phi) is 5.96. The molecular formula is C21H35N3. The predicted molar refractivity (Wildman–Crippen MR) is 102 cm³/mol. The summed E-state index contributed by atoms with van der Waals surface area (Å²) in [6.07, 6.45) is 5.21. The molecule has 24 heavy (non-hydrogen) atoms. The van der Waals surface area contributed by atoms with Gasteiger partial charge in [0, 0.05) is 37.3 Å². The molecule has 2 saturated heterocycles. The number of rotatable bonds is 4. The highest BCUT2D eigenvalue weighted by molar-refractivity contribution is 5.14. The second-order valence-electron chi connectivity index (χ2n) is 8.63. The Morgan fingerprint density at radius 2 is 1.42 bits per heavy atom. The molecular weight excluding hydrogens is 294 g/mol. The SMILES string of the molecule is CC(C)(C)N1CCC(NC2CCN(Cc3ccccc3)CC2)CC1. The molecule has 2 fully saturated rings. The third-order valence-corrected chi connectivity index (χ3v) is 5.75. The van der Waals surface area contributed by atoms with Crippen LogP contribution in [0.4, 0.5) is 0 Å². The molecule has 2 heterocycles. The number of hydrogen-bond donors (Lipinski definition) is 1. The fraction of sp³-hybridized carbons (Fsp3) is 0.714. The Morgan fingerprint density at radius 3 is 1.96 bits per heavy atom. The van der Waals surface area contributed by atoms with Crippen LogP contribution in [0, 0.1) is 0 Å². The van der Waals surface area contributed by atoms with Crippen molar-refractivity contribution in [2.24, 2.45) is 0 Å². The van der Waals surface area contributed by atoms with Gasteiger partial charge in [0.2, 0.25) is 0 Å². The standard InChI is InChI=1S/C21H35N3/c1-21(2,3)24-15-11-20(12-16-24)22-19-9-13-23(14-10-19)17-18-7-5-4-6-8-18/h4-8,19-20,22H,9-17H2,1-3H3. The van der Waals surface area contributed by atoms with Crippen molar-refractivity contribution in [1.29, 1.82) is 0 Å². The molecule has 2 aliphatic heterocycles. The first-order valence-corrected chi connectivity index (χ1v) is 9.78. The molecule has 2 aliphatic rings. The topological polar surface area (TPSA) is 18.5 Å². The van der Waals surface area contributed by atoms with E-state index >= 15 is 0 Å². The molecule has 3 rings (SSSR count). The van der Waals surface area contributed by atoms with Gasteiger partial charge in [0.15, 0.2) is 0 Å². The lowest BCUT2D eigenvalue weighted by Crippen LogP contribution is -2.53. The van der Waals surface area contributed by atoms with Crippen LogP contribution in [0.15, 0.2) is 30.3 Å². The minimum absolute atomic E-state index is 0.327. The Labute approximate surface area is 148 Å². The molecule has 3 heteroatoms. The largest absolute Gasteiger partial charge is 0.311 e. The van der Waals surface area contributed by atoms with E-state index in [0.717, 1.165) is 18.6 Å². The van der Waals surface area contributed by atoms with Crippen LogP contribution in [-0.4, -0.2) is 53.6 Å². The quantitative estimate of drug-likeness (QED) is 0.912. The zero-order valence-corrected chi connectivity index (χ0v) is 15.8. The molecule has 0 amide bonds. The lowest BCUT2D eigenvalue weighted by Gasteiger charge is -2.42. The lowest BCUT2D eigenvalue weighted by molar-refractivity contribution is 0.0891. The molecule has 134 valence electrons. The zero-order chi connectivity index (χ0) is 17.0. The van der Waals surface area contributed by atoms with E-state index in [-0.39, 0.29) is 0 Å². The average molecular weight is 330 g/mol. The first-order valence-electron chi connectivity index (χ1n) is 9.78. The van der Waals surface area contributed by atoms with Gasteiger partial charge in [0.25, 0.3) is 0 Å². The van der Waals surface area contributed by atoms with E-state index in [1.165, 1.54) is 57.4 Å². The van der Waals surface area contributed by atoms with Crippen molar-refractivity contribution in [3.8, 4) is 0 Å². The third-order valence-electron chi connectivity index (χ3n) is 5.75. The Hall–Kier alpha value is -0.900. The number of benzene rings is 1. The number of piperidine rings is 2. The van der Waals surface area contributed by atoms with Crippen molar-refractivity contribution < 1.29 is 0 Å². The van der Waals surface area contributed by atoms with Gasteiger partial charge in [-0.05, 0) is 65.1 Å². The van der Waals surface area contributed by atoms with E-state index in [0.29, 0.717) is 5.54 Å². The van der Waals surface area contributed by atoms with Crippen LogP contribution >= 0.6 is 0 Å². The zero-order valence-electron chi connectivity index (χ0n) is 15.8. The van der Waals surface area contributed by atoms with Gasteiger partial charge in [-0.1, -0.05) is 30.3 Å². The summed E-state index contributed by atoms with van der Waals surface area (Å²) in [7, 11) is 0. The van der Waals surface area contributed by atoms with Gasteiger partial charge in [-0.15, -0.1) is 0 Å². The number of likely N-dealkylation sites (tertiary alicyclic amines) is 2.